The Morgan fingerprint density at radius 3 is 2.09 bits per heavy atom. The van der Waals surface area contributed by atoms with Crippen molar-refractivity contribution in [2.75, 3.05) is 25.1 Å². The standard InChI is InChI=1S/C35H37BrFN3O6S/c1-24(2)38-35(42)31(20-25-8-6-5-7-9-25)39(22-26-10-12-27(36)13-11-26)34(41)23-40(29-16-14-28(37)15-17-29)47(43,44)30-18-19-32(45-3)33(21-30)46-4/h5-19,21,24,31H,20,22-23H2,1-4H3,(H,38,42)/t31-/m0/s1. The van der Waals surface area contributed by atoms with Gasteiger partial charge in [-0.2, -0.15) is 0 Å². The van der Waals surface area contributed by atoms with E-state index in [0.717, 1.165) is 32.0 Å². The lowest BCUT2D eigenvalue weighted by Gasteiger charge is -2.34. The van der Waals surface area contributed by atoms with Gasteiger partial charge >= 0.3 is 0 Å². The van der Waals surface area contributed by atoms with Gasteiger partial charge in [0.2, 0.25) is 11.8 Å². The quantitative estimate of drug-likeness (QED) is 0.172. The number of nitrogens with one attached hydrogen (secondary N) is 1. The second-order valence-electron chi connectivity index (χ2n) is 11.0. The lowest BCUT2D eigenvalue weighted by molar-refractivity contribution is -0.140. The van der Waals surface area contributed by atoms with Crippen molar-refractivity contribution in [1.29, 1.82) is 0 Å². The van der Waals surface area contributed by atoms with Gasteiger partial charge in [0.1, 0.15) is 18.4 Å². The fourth-order valence-corrected chi connectivity index (χ4v) is 6.66. The first-order valence-corrected chi connectivity index (χ1v) is 17.0. The number of nitrogens with zero attached hydrogens (tertiary/aromatic N) is 2. The van der Waals surface area contributed by atoms with Gasteiger partial charge in [-0.05, 0) is 73.5 Å². The maximum atomic E-state index is 14.5. The largest absolute Gasteiger partial charge is 0.493 e. The molecule has 2 amide bonds. The number of halogens is 2. The molecule has 4 rings (SSSR count). The van der Waals surface area contributed by atoms with Crippen LogP contribution in [0.4, 0.5) is 10.1 Å². The van der Waals surface area contributed by atoms with Gasteiger partial charge in [-0.3, -0.25) is 13.9 Å². The van der Waals surface area contributed by atoms with Gasteiger partial charge in [-0.25, -0.2) is 12.8 Å². The first-order valence-electron chi connectivity index (χ1n) is 14.8. The van der Waals surface area contributed by atoms with Gasteiger partial charge in [0.25, 0.3) is 10.0 Å². The van der Waals surface area contributed by atoms with Crippen molar-refractivity contribution in [2.45, 2.75) is 43.8 Å². The molecule has 47 heavy (non-hydrogen) atoms. The molecular formula is C35H37BrFN3O6S. The highest BCUT2D eigenvalue weighted by Crippen LogP contribution is 2.32. The lowest BCUT2D eigenvalue weighted by atomic mass is 10.0. The van der Waals surface area contributed by atoms with E-state index in [2.05, 4.69) is 21.2 Å². The van der Waals surface area contributed by atoms with Gasteiger partial charge in [0, 0.05) is 29.5 Å². The van der Waals surface area contributed by atoms with Crippen LogP contribution in [-0.4, -0.2) is 58.0 Å². The number of carbonyl (C=O) groups is 2. The van der Waals surface area contributed by atoms with Crippen LogP contribution in [0.1, 0.15) is 25.0 Å². The van der Waals surface area contributed by atoms with E-state index in [-0.39, 0.29) is 41.2 Å². The third-order valence-electron chi connectivity index (χ3n) is 7.30. The summed E-state index contributed by atoms with van der Waals surface area (Å²) in [5, 5.41) is 2.92. The topological polar surface area (TPSA) is 105 Å². The third-order valence-corrected chi connectivity index (χ3v) is 9.60. The van der Waals surface area contributed by atoms with Crippen LogP contribution in [0.2, 0.25) is 0 Å². The number of sulfonamides is 1. The summed E-state index contributed by atoms with van der Waals surface area (Å²) >= 11 is 3.43. The Morgan fingerprint density at radius 1 is 0.851 bits per heavy atom. The smallest absolute Gasteiger partial charge is 0.264 e. The van der Waals surface area contributed by atoms with Gasteiger partial charge in [-0.15, -0.1) is 0 Å². The maximum Gasteiger partial charge on any atom is 0.264 e. The summed E-state index contributed by atoms with van der Waals surface area (Å²) in [6, 6.07) is 24.2. The summed E-state index contributed by atoms with van der Waals surface area (Å²) in [5.74, 6) is -1.11. The molecule has 0 radical (unpaired) electrons. The maximum absolute atomic E-state index is 14.5. The van der Waals surface area contributed by atoms with Crippen molar-refractivity contribution in [3.63, 3.8) is 0 Å². The van der Waals surface area contributed by atoms with Crippen molar-refractivity contribution in [3.8, 4) is 11.5 Å². The Bertz CT molecular complexity index is 1770. The predicted molar refractivity (Wildman–Crippen MR) is 182 cm³/mol. The fourth-order valence-electron chi connectivity index (χ4n) is 4.96. The van der Waals surface area contributed by atoms with Gasteiger partial charge in [-0.1, -0.05) is 58.4 Å². The van der Waals surface area contributed by atoms with E-state index in [9.17, 15) is 22.4 Å². The number of benzene rings is 4. The number of anilines is 1. The third kappa shape index (κ3) is 9.11. The minimum atomic E-state index is -4.43. The highest BCUT2D eigenvalue weighted by atomic mass is 79.9. The number of hydrogen-bond donors (Lipinski definition) is 1. The number of rotatable bonds is 14. The molecule has 9 nitrogen and oxygen atoms in total. The second-order valence-corrected chi connectivity index (χ2v) is 13.8. The van der Waals surface area contributed by atoms with Crippen LogP contribution in [0.25, 0.3) is 0 Å². The van der Waals surface area contributed by atoms with Crippen LogP contribution in [0, 0.1) is 5.82 Å². The molecular weight excluding hydrogens is 689 g/mol. The van der Waals surface area contributed by atoms with E-state index in [1.165, 1.54) is 49.5 Å². The van der Waals surface area contributed by atoms with E-state index < -0.39 is 34.3 Å². The average Bonchev–Trinajstić information content (AvgIpc) is 3.06. The number of amides is 2. The minimum absolute atomic E-state index is 0.0167. The zero-order chi connectivity index (χ0) is 34.1. The van der Waals surface area contributed by atoms with E-state index >= 15 is 0 Å². The van der Waals surface area contributed by atoms with Crippen LogP contribution in [-0.2, 0) is 32.6 Å². The molecule has 0 saturated carbocycles. The Hall–Kier alpha value is -4.42. The van der Waals surface area contributed by atoms with E-state index in [1.807, 2.05) is 68.4 Å². The molecule has 0 fully saturated rings. The molecule has 0 unspecified atom stereocenters. The van der Waals surface area contributed by atoms with Gasteiger partial charge < -0.3 is 19.7 Å². The van der Waals surface area contributed by atoms with Crippen LogP contribution in [0.15, 0.2) is 106 Å². The number of hydrogen-bond acceptors (Lipinski definition) is 6. The molecule has 0 aliphatic rings. The van der Waals surface area contributed by atoms with Crippen molar-refractivity contribution < 1.29 is 31.9 Å². The Kier molecular flexibility index (Phi) is 12.0. The van der Waals surface area contributed by atoms with Crippen LogP contribution in [0.5, 0.6) is 11.5 Å². The molecule has 0 aliphatic carbocycles. The zero-order valence-electron chi connectivity index (χ0n) is 26.5. The molecule has 1 N–H and O–H groups in total. The summed E-state index contributed by atoms with van der Waals surface area (Å²) in [6.45, 7) is 2.98. The molecule has 0 aromatic heterocycles. The minimum Gasteiger partial charge on any atom is -0.493 e. The molecule has 12 heteroatoms. The van der Waals surface area contributed by atoms with Crippen LogP contribution >= 0.6 is 15.9 Å². The van der Waals surface area contributed by atoms with Crippen molar-refractivity contribution in [3.05, 3.63) is 118 Å². The number of carbonyl (C=O) groups excluding carboxylic acids is 2. The molecule has 4 aromatic carbocycles. The van der Waals surface area contributed by atoms with Gasteiger partial charge in [0.15, 0.2) is 11.5 Å². The second kappa shape index (κ2) is 15.9. The summed E-state index contributed by atoms with van der Waals surface area (Å²) < 4.78 is 54.9. The number of methoxy groups -OCH3 is 2. The lowest BCUT2D eigenvalue weighted by Crippen LogP contribution is -2.54. The van der Waals surface area contributed by atoms with Crippen LogP contribution < -0.4 is 19.1 Å². The highest BCUT2D eigenvalue weighted by Gasteiger charge is 2.35. The molecule has 4 aromatic rings. The van der Waals surface area contributed by atoms with Gasteiger partial charge in [0.05, 0.1) is 24.8 Å². The first kappa shape index (κ1) is 35.4. The zero-order valence-corrected chi connectivity index (χ0v) is 28.9. The molecule has 0 bridgehead atoms. The van der Waals surface area contributed by atoms with E-state index in [1.54, 1.807) is 0 Å². The summed E-state index contributed by atoms with van der Waals surface area (Å²) in [7, 11) is -1.63. The summed E-state index contributed by atoms with van der Waals surface area (Å²) in [5.41, 5.74) is 1.61. The van der Waals surface area contributed by atoms with Crippen LogP contribution in [0.3, 0.4) is 0 Å². The van der Waals surface area contributed by atoms with E-state index in [0.29, 0.717) is 5.75 Å². The molecule has 248 valence electrons. The predicted octanol–water partition coefficient (Wildman–Crippen LogP) is 5.97. The van der Waals surface area contributed by atoms with Crippen molar-refractivity contribution >= 4 is 43.5 Å². The highest BCUT2D eigenvalue weighted by molar-refractivity contribution is 9.10. The van der Waals surface area contributed by atoms with Crippen molar-refractivity contribution in [2.24, 2.45) is 0 Å². The normalized spacial score (nSPS) is 11.9. The SMILES string of the molecule is COc1ccc(S(=O)(=O)N(CC(=O)N(Cc2ccc(Br)cc2)[C@@H](Cc2ccccc2)C(=O)NC(C)C)c2ccc(F)cc2)cc1OC. The molecule has 0 heterocycles. The number of ether oxygens (including phenoxy) is 2. The Balaban J connectivity index is 1.82. The molecule has 0 aliphatic heterocycles. The molecule has 0 spiro atoms. The summed E-state index contributed by atoms with van der Waals surface area (Å²) in [4.78, 5) is 29.5. The first-order chi connectivity index (χ1) is 22.4. The fraction of sp³-hybridized carbons (Fsp3) is 0.257. The van der Waals surface area contributed by atoms with Crippen molar-refractivity contribution in [1.82, 2.24) is 10.2 Å². The van der Waals surface area contributed by atoms with E-state index in [4.69, 9.17) is 9.47 Å². The monoisotopic (exact) mass is 725 g/mol. The molecule has 0 saturated heterocycles. The Labute approximate surface area is 283 Å². The molecule has 1 atom stereocenters. The average molecular weight is 727 g/mol. The summed E-state index contributed by atoms with van der Waals surface area (Å²) in [6.07, 6.45) is 0.181. The Morgan fingerprint density at radius 2 is 1.49 bits per heavy atom.